The van der Waals surface area contributed by atoms with Crippen molar-refractivity contribution >= 4 is 85.8 Å². The second-order valence-corrected chi connectivity index (χ2v) is 23.2. The maximum atomic E-state index is 5.36. The Morgan fingerprint density at radius 2 is 1.21 bits per heavy atom. The number of aryl methyl sites for hydroxylation is 1. The molecule has 4 aliphatic rings. The minimum atomic E-state index is 0.518. The predicted octanol–water partition coefficient (Wildman–Crippen LogP) is 18.2. The first-order chi connectivity index (χ1) is 41.5. The number of benzene rings is 9. The zero-order valence-corrected chi connectivity index (χ0v) is 47.1. The van der Waals surface area contributed by atoms with Crippen molar-refractivity contribution in [3.8, 4) is 50.2 Å². The second-order valence-electron chi connectivity index (χ2n) is 23.2. The van der Waals surface area contributed by atoms with Crippen molar-refractivity contribution in [3.63, 3.8) is 0 Å². The van der Waals surface area contributed by atoms with Crippen molar-refractivity contribution in [1.29, 1.82) is 0 Å². The average Bonchev–Trinajstić information content (AvgIpc) is 2.35. The van der Waals surface area contributed by atoms with E-state index in [1.807, 2.05) is 18.2 Å². The number of nitrogens with zero attached hydrogens (tertiary/aromatic N) is 5. The summed E-state index contributed by atoms with van der Waals surface area (Å²) in [5.41, 5.74) is 25.5. The Morgan fingerprint density at radius 1 is 0.560 bits per heavy atom. The molecule has 84 heavy (non-hydrogen) atoms. The van der Waals surface area contributed by atoms with Gasteiger partial charge in [-0.3, -0.25) is 14.6 Å². The fourth-order valence-corrected chi connectivity index (χ4v) is 14.0. The van der Waals surface area contributed by atoms with E-state index in [0.29, 0.717) is 12.5 Å². The average molecular weight is 1080 g/mol. The van der Waals surface area contributed by atoms with Crippen LogP contribution in [0.5, 0.6) is 0 Å². The molecular formula is C79H61N5. The second kappa shape index (κ2) is 20.4. The van der Waals surface area contributed by atoms with Gasteiger partial charge >= 0.3 is 0 Å². The van der Waals surface area contributed by atoms with Crippen molar-refractivity contribution in [2.45, 2.75) is 52.0 Å². The summed E-state index contributed by atoms with van der Waals surface area (Å²) in [7, 11) is 0. The van der Waals surface area contributed by atoms with Crippen LogP contribution >= 0.6 is 0 Å². The molecule has 12 aromatic rings. The van der Waals surface area contributed by atoms with Crippen LogP contribution in [-0.4, -0.2) is 26.3 Å². The molecule has 0 radical (unpaired) electrons. The highest BCUT2D eigenvalue weighted by atomic mass is 15.1. The molecule has 0 aliphatic heterocycles. The molecule has 1 atom stereocenters. The Labute approximate surface area is 489 Å². The smallest absolute Gasteiger partial charge is 0.135 e. The van der Waals surface area contributed by atoms with Crippen LogP contribution in [-0.2, 0) is 19.4 Å². The number of aliphatic imine (C=N–C) groups is 2. The van der Waals surface area contributed by atoms with E-state index >= 15 is 0 Å². The van der Waals surface area contributed by atoms with Gasteiger partial charge in [-0.25, -0.2) is 0 Å². The van der Waals surface area contributed by atoms with Crippen molar-refractivity contribution in [1.82, 2.24) is 13.7 Å². The summed E-state index contributed by atoms with van der Waals surface area (Å²) in [5, 5.41) is 7.72. The van der Waals surface area contributed by atoms with E-state index in [9.17, 15) is 0 Å². The Balaban J connectivity index is 0.806. The van der Waals surface area contributed by atoms with Gasteiger partial charge in [0.25, 0.3) is 0 Å². The number of hydrogen-bond acceptors (Lipinski definition) is 2. The lowest BCUT2D eigenvalue weighted by Gasteiger charge is -2.16. The molecule has 0 bridgehead atoms. The first kappa shape index (κ1) is 49.7. The van der Waals surface area contributed by atoms with E-state index in [1.54, 1.807) is 0 Å². The topological polar surface area (TPSA) is 39.5 Å². The summed E-state index contributed by atoms with van der Waals surface area (Å²) < 4.78 is 7.29. The maximum absolute atomic E-state index is 5.36. The number of hydrogen-bond donors (Lipinski definition) is 0. The molecule has 0 saturated heterocycles. The van der Waals surface area contributed by atoms with Crippen LogP contribution < -0.4 is 10.6 Å². The van der Waals surface area contributed by atoms with Crippen LogP contribution in [0.2, 0.25) is 0 Å². The van der Waals surface area contributed by atoms with Gasteiger partial charge in [-0.1, -0.05) is 171 Å². The third kappa shape index (κ3) is 8.36. The molecule has 0 fully saturated rings. The van der Waals surface area contributed by atoms with E-state index in [2.05, 4.69) is 263 Å². The highest BCUT2D eigenvalue weighted by molar-refractivity contribution is 6.14. The number of allylic oxidation sites excluding steroid dienone is 6. The van der Waals surface area contributed by atoms with Gasteiger partial charge in [0, 0.05) is 55.1 Å². The van der Waals surface area contributed by atoms with Crippen molar-refractivity contribution < 1.29 is 0 Å². The molecule has 1 unspecified atom stereocenters. The van der Waals surface area contributed by atoms with Crippen molar-refractivity contribution in [2.24, 2.45) is 15.9 Å². The monoisotopic (exact) mass is 1080 g/mol. The third-order valence-electron chi connectivity index (χ3n) is 18.1. The number of fused-ring (bicyclic) bond motifs is 12. The molecule has 0 amide bonds. The SMILES string of the molecule is C=N/C(=C\C(=NCc1ccccc1)n1c2c(c3cc(-c4ccc5c(c4)-c4c(cccc4-c4ccc6c(c4)c4cc(-c7ccc8c(c7)c7c(n8-c8ccccc8)=CCCC=7)ccc4n6C4=CCC(C)C=C4)C5)ccc31)CCC=C2)c1ccccc1. The van der Waals surface area contributed by atoms with E-state index in [1.165, 1.54) is 127 Å². The Hall–Kier alpha value is -10.1. The first-order valence-corrected chi connectivity index (χ1v) is 29.8. The highest BCUT2D eigenvalue weighted by Gasteiger charge is 2.26. The van der Waals surface area contributed by atoms with Gasteiger partial charge in [-0.15, -0.1) is 0 Å². The highest BCUT2D eigenvalue weighted by Crippen LogP contribution is 2.47. The van der Waals surface area contributed by atoms with Gasteiger partial charge in [-0.05, 0) is 197 Å². The lowest BCUT2D eigenvalue weighted by Crippen LogP contribution is -2.30. The lowest BCUT2D eigenvalue weighted by molar-refractivity contribution is 0.735. The predicted molar refractivity (Wildman–Crippen MR) is 355 cm³/mol. The van der Waals surface area contributed by atoms with E-state index in [0.717, 1.165) is 66.7 Å². The lowest BCUT2D eigenvalue weighted by atomic mass is 9.91. The molecule has 0 N–H and O–H groups in total. The molecule has 4 aliphatic carbocycles. The van der Waals surface area contributed by atoms with Crippen LogP contribution in [0, 0.1) is 5.92 Å². The van der Waals surface area contributed by atoms with Crippen LogP contribution in [0.3, 0.4) is 0 Å². The van der Waals surface area contributed by atoms with E-state index < -0.39 is 0 Å². The van der Waals surface area contributed by atoms with E-state index in [4.69, 9.17) is 4.99 Å². The zero-order valence-electron chi connectivity index (χ0n) is 47.1. The summed E-state index contributed by atoms with van der Waals surface area (Å²) in [5.74, 6) is 1.35. The van der Waals surface area contributed by atoms with Crippen molar-refractivity contribution in [2.75, 3.05) is 0 Å². The van der Waals surface area contributed by atoms with Gasteiger partial charge in [0.05, 0.1) is 40.0 Å². The quantitative estimate of drug-likeness (QED) is 0.0967. The molecule has 5 nitrogen and oxygen atoms in total. The van der Waals surface area contributed by atoms with Gasteiger partial charge in [0.1, 0.15) is 5.84 Å². The first-order valence-electron chi connectivity index (χ1n) is 29.8. The maximum Gasteiger partial charge on any atom is 0.135 e. The fourth-order valence-electron chi connectivity index (χ4n) is 14.0. The van der Waals surface area contributed by atoms with Crippen LogP contribution in [0.15, 0.2) is 241 Å². The molecule has 5 heteroatoms. The number of aromatic nitrogens is 3. The van der Waals surface area contributed by atoms with Gasteiger partial charge in [0.15, 0.2) is 0 Å². The largest absolute Gasteiger partial charge is 0.310 e. The third-order valence-corrected chi connectivity index (χ3v) is 18.1. The summed E-state index contributed by atoms with van der Waals surface area (Å²) in [6.45, 7) is 6.86. The summed E-state index contributed by atoms with van der Waals surface area (Å²) in [6, 6.07) is 74.2. The summed E-state index contributed by atoms with van der Waals surface area (Å²) >= 11 is 0. The molecule has 3 heterocycles. The molecule has 9 aromatic carbocycles. The van der Waals surface area contributed by atoms with Crippen LogP contribution in [0.4, 0.5) is 0 Å². The molecule has 402 valence electrons. The van der Waals surface area contributed by atoms with Gasteiger partial charge < -0.3 is 9.13 Å². The summed E-state index contributed by atoms with van der Waals surface area (Å²) in [4.78, 5) is 9.91. The van der Waals surface area contributed by atoms with Crippen molar-refractivity contribution in [3.05, 3.63) is 275 Å². The van der Waals surface area contributed by atoms with Gasteiger partial charge in [-0.2, -0.15) is 0 Å². The van der Waals surface area contributed by atoms with Gasteiger partial charge in [0.2, 0.25) is 0 Å². The van der Waals surface area contributed by atoms with Crippen LogP contribution in [0.25, 0.3) is 123 Å². The zero-order chi connectivity index (χ0) is 55.8. The molecule has 16 rings (SSSR count). The number of rotatable bonds is 10. The molecule has 0 saturated carbocycles. The molecular weight excluding hydrogens is 1020 g/mol. The Morgan fingerprint density at radius 3 is 1.96 bits per heavy atom. The van der Waals surface area contributed by atoms with E-state index in [-0.39, 0.29) is 0 Å². The molecule has 3 aromatic heterocycles. The molecule has 0 spiro atoms. The fraction of sp³-hybridized carbons (Fsp3) is 0.114. The summed E-state index contributed by atoms with van der Waals surface area (Å²) in [6.07, 6.45) is 24.7. The minimum Gasteiger partial charge on any atom is -0.310 e. The Bertz CT molecular complexity index is 4990. The normalized spacial score (nSPS) is 15.4. The Kier molecular flexibility index (Phi) is 12.1. The van der Waals surface area contributed by atoms with Crippen LogP contribution in [0.1, 0.15) is 66.1 Å². The number of para-hydroxylation sites is 1. The minimum absolute atomic E-state index is 0.518. The standard InChI is InChI=1S/C79H61N5/c1-51-29-37-62(38-30-51)83-75-40-34-57(56-33-39-74-67(45-56)64-24-12-14-27-72(64)82(74)61-22-10-5-11-23-61)47-69(75)70-48-59(36-42-76(70)83)63-26-16-21-60-43-58-32-31-54(44-66(58)79(60)63)55-35-41-77-68(46-55)65-25-13-15-28-73(65)84(77)78(81-50-52-17-6-3-7-18-52)49-71(80-2)53-19-8-4-9-20-53/h3-11,15-24,26-29,31-42,44-49,51H,2,12-14,25,30,43,50H2,1H3/b71-49-,81-78?.